The minimum absolute atomic E-state index is 0.0984. The Bertz CT molecular complexity index is 509. The lowest BCUT2D eigenvalue weighted by molar-refractivity contribution is -0.0438. The van der Waals surface area contributed by atoms with Crippen molar-refractivity contribution in [2.75, 3.05) is 27.2 Å². The third-order valence-electron chi connectivity index (χ3n) is 6.34. The highest BCUT2D eigenvalue weighted by molar-refractivity contribution is 5.22. The first-order valence-corrected chi connectivity index (χ1v) is 9.68. The highest BCUT2D eigenvalue weighted by atomic mass is 16.3. The molecule has 2 aliphatic carbocycles. The molecule has 0 radical (unpaired) electrons. The molecule has 0 aliphatic heterocycles. The average molecular weight is 335 g/mol. The smallest absolute Gasteiger partial charge is 0.0596 e. The zero-order valence-electron chi connectivity index (χ0n) is 15.4. The molecule has 1 aromatic rings. The van der Waals surface area contributed by atoms with Crippen molar-refractivity contribution in [2.24, 2.45) is 5.41 Å². The number of nitrogens with one attached hydrogen (secondary N) is 2. The number of likely N-dealkylation sites (N-methyl/N-ethyl adjacent to an activating group) is 2. The summed E-state index contributed by atoms with van der Waals surface area (Å²) >= 11 is 0. The lowest BCUT2D eigenvalue weighted by atomic mass is 9.60. The molecule has 5 nitrogen and oxygen atoms in total. The van der Waals surface area contributed by atoms with E-state index in [0.29, 0.717) is 5.92 Å². The van der Waals surface area contributed by atoms with Gasteiger partial charge in [-0.25, -0.2) is 0 Å². The van der Waals surface area contributed by atoms with Gasteiger partial charge in [0.15, 0.2) is 0 Å². The van der Waals surface area contributed by atoms with E-state index in [1.165, 1.54) is 43.4 Å². The number of H-pyrrole nitrogens is 1. The van der Waals surface area contributed by atoms with Crippen LogP contribution < -0.4 is 5.32 Å². The summed E-state index contributed by atoms with van der Waals surface area (Å²) in [6.07, 6.45) is 11.4. The predicted molar refractivity (Wildman–Crippen MR) is 97.0 cm³/mol. The Balaban J connectivity index is 1.69. The first kappa shape index (κ1) is 17.9. The van der Waals surface area contributed by atoms with E-state index in [-0.39, 0.29) is 11.5 Å². The molecule has 3 rings (SSSR count). The van der Waals surface area contributed by atoms with Crippen LogP contribution in [0.25, 0.3) is 0 Å². The van der Waals surface area contributed by atoms with Crippen molar-refractivity contribution in [3.8, 4) is 0 Å². The van der Waals surface area contributed by atoms with E-state index in [0.717, 1.165) is 38.9 Å². The average Bonchev–Trinajstić information content (AvgIpc) is 3.04. The molecule has 2 saturated carbocycles. The topological polar surface area (TPSA) is 64.2 Å². The Morgan fingerprint density at radius 2 is 2.12 bits per heavy atom. The Morgan fingerprint density at radius 1 is 1.33 bits per heavy atom. The Labute approximate surface area is 146 Å². The van der Waals surface area contributed by atoms with Crippen molar-refractivity contribution in [3.05, 3.63) is 17.5 Å². The second-order valence-electron chi connectivity index (χ2n) is 8.07. The van der Waals surface area contributed by atoms with Crippen molar-refractivity contribution in [1.29, 1.82) is 0 Å². The van der Waals surface area contributed by atoms with Crippen molar-refractivity contribution < 1.29 is 5.11 Å². The quantitative estimate of drug-likeness (QED) is 0.748. The Hall–Kier alpha value is -0.910. The number of aliphatic hydroxyl groups is 1. The summed E-state index contributed by atoms with van der Waals surface area (Å²) in [5, 5.41) is 21.5. The van der Waals surface area contributed by atoms with Gasteiger partial charge >= 0.3 is 0 Å². The Morgan fingerprint density at radius 3 is 2.88 bits per heavy atom. The van der Waals surface area contributed by atoms with Crippen LogP contribution in [0, 0.1) is 5.41 Å². The number of rotatable bonds is 6. The fourth-order valence-corrected chi connectivity index (χ4v) is 4.91. The van der Waals surface area contributed by atoms with Crippen LogP contribution in [0.5, 0.6) is 0 Å². The zero-order valence-corrected chi connectivity index (χ0v) is 15.4. The van der Waals surface area contributed by atoms with Gasteiger partial charge in [0.25, 0.3) is 0 Å². The van der Waals surface area contributed by atoms with Gasteiger partial charge in [-0.15, -0.1) is 0 Å². The van der Waals surface area contributed by atoms with E-state index in [9.17, 15) is 5.11 Å². The predicted octanol–water partition coefficient (Wildman–Crippen LogP) is 2.64. The highest BCUT2D eigenvalue weighted by Crippen LogP contribution is 2.52. The summed E-state index contributed by atoms with van der Waals surface area (Å²) in [7, 11) is 4.16. The fraction of sp³-hybridized carbons (Fsp3) is 0.842. The summed E-state index contributed by atoms with van der Waals surface area (Å²) in [6.45, 7) is 2.98. The largest absolute Gasteiger partial charge is 0.393 e. The van der Waals surface area contributed by atoms with E-state index < -0.39 is 0 Å². The van der Waals surface area contributed by atoms with Gasteiger partial charge < -0.3 is 15.3 Å². The molecule has 0 aromatic carbocycles. The van der Waals surface area contributed by atoms with Crippen molar-refractivity contribution >= 4 is 0 Å². The summed E-state index contributed by atoms with van der Waals surface area (Å²) in [5.41, 5.74) is 2.82. The maximum Gasteiger partial charge on any atom is 0.0596 e. The lowest BCUT2D eigenvalue weighted by Gasteiger charge is -2.47. The summed E-state index contributed by atoms with van der Waals surface area (Å²) in [6, 6.07) is 0. The molecule has 5 heteroatoms. The molecule has 0 bridgehead atoms. The van der Waals surface area contributed by atoms with Crippen molar-refractivity contribution in [2.45, 2.75) is 69.9 Å². The van der Waals surface area contributed by atoms with Crippen LogP contribution >= 0.6 is 0 Å². The maximum atomic E-state index is 10.7. The molecule has 1 spiro atoms. The first-order chi connectivity index (χ1) is 11.6. The third-order valence-corrected chi connectivity index (χ3v) is 6.34. The normalized spacial score (nSPS) is 27.0. The molecule has 2 aliphatic rings. The lowest BCUT2D eigenvalue weighted by Crippen LogP contribution is -2.42. The van der Waals surface area contributed by atoms with Gasteiger partial charge in [0.1, 0.15) is 0 Å². The SMILES string of the molecule is CNCCN(C)Cc1cn[nH]c1[C@H]1CC[C@@H](O)C2(CCCCC2)C1. The molecular weight excluding hydrogens is 300 g/mol. The number of hydrogen-bond donors (Lipinski definition) is 3. The van der Waals surface area contributed by atoms with Crippen LogP contribution in [0.2, 0.25) is 0 Å². The van der Waals surface area contributed by atoms with Gasteiger partial charge in [0, 0.05) is 36.8 Å². The molecule has 0 unspecified atom stereocenters. The van der Waals surface area contributed by atoms with Gasteiger partial charge in [0.2, 0.25) is 0 Å². The summed E-state index contributed by atoms with van der Waals surface area (Å²) in [5.74, 6) is 0.529. The van der Waals surface area contributed by atoms with E-state index in [1.54, 1.807) is 0 Å². The number of aliphatic hydroxyl groups excluding tert-OH is 1. The molecule has 2 fully saturated rings. The zero-order chi connectivity index (χ0) is 17.0. The van der Waals surface area contributed by atoms with Crippen LogP contribution in [-0.2, 0) is 6.54 Å². The van der Waals surface area contributed by atoms with Crippen LogP contribution in [0.4, 0.5) is 0 Å². The molecule has 2 atom stereocenters. The molecule has 136 valence electrons. The molecule has 3 N–H and O–H groups in total. The van der Waals surface area contributed by atoms with Crippen LogP contribution in [-0.4, -0.2) is 53.5 Å². The van der Waals surface area contributed by atoms with E-state index in [4.69, 9.17) is 0 Å². The second-order valence-corrected chi connectivity index (χ2v) is 8.07. The fourth-order valence-electron chi connectivity index (χ4n) is 4.91. The van der Waals surface area contributed by atoms with Gasteiger partial charge in [-0.1, -0.05) is 19.3 Å². The van der Waals surface area contributed by atoms with Crippen LogP contribution in [0.3, 0.4) is 0 Å². The van der Waals surface area contributed by atoms with Gasteiger partial charge in [-0.05, 0) is 51.6 Å². The highest BCUT2D eigenvalue weighted by Gasteiger charge is 2.44. The molecule has 24 heavy (non-hydrogen) atoms. The van der Waals surface area contributed by atoms with E-state index >= 15 is 0 Å². The molecule has 1 aromatic heterocycles. The van der Waals surface area contributed by atoms with Crippen molar-refractivity contribution in [3.63, 3.8) is 0 Å². The standard InChI is InChI=1S/C19H34N4O/c1-20-10-11-23(2)14-16-13-21-22-18(16)15-6-7-17(24)19(12-15)8-4-3-5-9-19/h13,15,17,20,24H,3-12,14H2,1-2H3,(H,21,22)/t15-,17+/m0/s1. The minimum Gasteiger partial charge on any atom is -0.393 e. The van der Waals surface area contributed by atoms with Crippen molar-refractivity contribution in [1.82, 2.24) is 20.4 Å². The van der Waals surface area contributed by atoms with Gasteiger partial charge in [0.05, 0.1) is 12.3 Å². The number of hydrogen-bond acceptors (Lipinski definition) is 4. The third kappa shape index (κ3) is 3.84. The van der Waals surface area contributed by atoms with Crippen LogP contribution in [0.15, 0.2) is 6.20 Å². The van der Waals surface area contributed by atoms with E-state index in [1.807, 2.05) is 13.2 Å². The summed E-state index contributed by atoms with van der Waals surface area (Å²) < 4.78 is 0. The molecular formula is C19H34N4O. The van der Waals surface area contributed by atoms with E-state index in [2.05, 4.69) is 27.5 Å². The van der Waals surface area contributed by atoms with Gasteiger partial charge in [-0.2, -0.15) is 5.10 Å². The molecule has 1 heterocycles. The first-order valence-electron chi connectivity index (χ1n) is 9.68. The number of aromatic amines is 1. The molecule has 0 saturated heterocycles. The maximum absolute atomic E-state index is 10.7. The monoisotopic (exact) mass is 334 g/mol. The Kier molecular flexibility index (Phi) is 5.95. The number of nitrogens with zero attached hydrogens (tertiary/aromatic N) is 2. The van der Waals surface area contributed by atoms with Crippen LogP contribution in [0.1, 0.15) is 68.5 Å². The summed E-state index contributed by atoms with van der Waals surface area (Å²) in [4.78, 5) is 2.35. The van der Waals surface area contributed by atoms with Gasteiger partial charge in [-0.3, -0.25) is 5.10 Å². The molecule has 0 amide bonds. The second kappa shape index (κ2) is 7.98. The number of aromatic nitrogens is 2. The minimum atomic E-state index is -0.0984.